The van der Waals surface area contributed by atoms with Crippen LogP contribution in [0.5, 0.6) is 0 Å². The summed E-state index contributed by atoms with van der Waals surface area (Å²) < 4.78 is 16.5. The average Bonchev–Trinajstić information content (AvgIpc) is 2.83. The molecule has 4 nitrogen and oxygen atoms in total. The summed E-state index contributed by atoms with van der Waals surface area (Å²) in [5.41, 5.74) is 1.11. The van der Waals surface area contributed by atoms with Gasteiger partial charge in [0.1, 0.15) is 5.76 Å². The Balaban J connectivity index is 2.13. The van der Waals surface area contributed by atoms with Crippen LogP contribution in [0.25, 0.3) is 0 Å². The Morgan fingerprint density at radius 3 is 2.74 bits per heavy atom. The number of unbranched alkanes of at least 4 members (excludes halogenated alkanes) is 1. The van der Waals surface area contributed by atoms with E-state index in [1.54, 1.807) is 6.26 Å². The van der Waals surface area contributed by atoms with Crippen LogP contribution in [-0.4, -0.2) is 25.9 Å². The van der Waals surface area contributed by atoms with Crippen molar-refractivity contribution < 1.29 is 13.9 Å². The van der Waals surface area contributed by atoms with Gasteiger partial charge in [-0.15, -0.1) is 0 Å². The van der Waals surface area contributed by atoms with Crippen LogP contribution in [0.3, 0.4) is 0 Å². The molecule has 1 aromatic rings. The third kappa shape index (κ3) is 7.35. The largest absolute Gasteiger partial charge is 0.468 e. The van der Waals surface area contributed by atoms with Gasteiger partial charge in [0.05, 0.1) is 32.6 Å². The van der Waals surface area contributed by atoms with Crippen molar-refractivity contribution in [2.75, 3.05) is 19.8 Å². The zero-order valence-electron chi connectivity index (χ0n) is 12.4. The maximum absolute atomic E-state index is 5.59. The molecule has 0 spiro atoms. The standard InChI is InChI=1S/C15H27NO3/c1-4-5-7-17-9-10-18-12-14-6-8-19-15(14)11-16-13(2)3/h6,8,13,16H,4-5,7,9-12H2,1-3H3. The second-order valence-corrected chi connectivity index (χ2v) is 4.92. The average molecular weight is 269 g/mol. The summed E-state index contributed by atoms with van der Waals surface area (Å²) in [6, 6.07) is 2.42. The number of hydrogen-bond donors (Lipinski definition) is 1. The first-order chi connectivity index (χ1) is 9.24. The van der Waals surface area contributed by atoms with Crippen molar-refractivity contribution in [3.8, 4) is 0 Å². The predicted molar refractivity (Wildman–Crippen MR) is 76.1 cm³/mol. The van der Waals surface area contributed by atoms with Crippen molar-refractivity contribution in [3.05, 3.63) is 23.7 Å². The zero-order valence-corrected chi connectivity index (χ0v) is 12.4. The van der Waals surface area contributed by atoms with Crippen LogP contribution in [-0.2, 0) is 22.6 Å². The number of nitrogens with one attached hydrogen (secondary N) is 1. The van der Waals surface area contributed by atoms with E-state index in [2.05, 4.69) is 26.1 Å². The van der Waals surface area contributed by atoms with Crippen molar-refractivity contribution in [2.24, 2.45) is 0 Å². The van der Waals surface area contributed by atoms with Crippen LogP contribution in [0.2, 0.25) is 0 Å². The molecule has 110 valence electrons. The highest BCUT2D eigenvalue weighted by atomic mass is 16.5. The third-order valence-electron chi connectivity index (χ3n) is 2.78. The summed E-state index contributed by atoms with van der Waals surface area (Å²) in [6.07, 6.45) is 4.00. The molecule has 1 rings (SSSR count). The van der Waals surface area contributed by atoms with E-state index in [-0.39, 0.29) is 0 Å². The summed E-state index contributed by atoms with van der Waals surface area (Å²) in [7, 11) is 0. The highest BCUT2D eigenvalue weighted by molar-refractivity contribution is 5.15. The molecule has 1 aromatic heterocycles. The molecule has 0 aliphatic heterocycles. The summed E-state index contributed by atoms with van der Waals surface area (Å²) in [5.74, 6) is 0.959. The monoisotopic (exact) mass is 269 g/mol. The summed E-state index contributed by atoms with van der Waals surface area (Å²) >= 11 is 0. The molecule has 0 bridgehead atoms. The van der Waals surface area contributed by atoms with Gasteiger partial charge in [-0.05, 0) is 12.5 Å². The molecule has 0 aliphatic carbocycles. The first-order valence-electron chi connectivity index (χ1n) is 7.18. The van der Waals surface area contributed by atoms with E-state index < -0.39 is 0 Å². The highest BCUT2D eigenvalue weighted by Gasteiger charge is 2.06. The summed E-state index contributed by atoms with van der Waals surface area (Å²) in [5, 5.41) is 3.34. The normalized spacial score (nSPS) is 11.4. The molecule has 1 N–H and O–H groups in total. The van der Waals surface area contributed by atoms with Crippen LogP contribution < -0.4 is 5.32 Å². The molecular formula is C15H27NO3. The lowest BCUT2D eigenvalue weighted by Gasteiger charge is -2.08. The Hall–Kier alpha value is -0.840. The highest BCUT2D eigenvalue weighted by Crippen LogP contribution is 2.11. The Labute approximate surface area is 116 Å². The Morgan fingerprint density at radius 2 is 2.00 bits per heavy atom. The zero-order chi connectivity index (χ0) is 13.9. The third-order valence-corrected chi connectivity index (χ3v) is 2.78. The summed E-state index contributed by atoms with van der Waals surface area (Å²) in [4.78, 5) is 0. The van der Waals surface area contributed by atoms with E-state index in [0.717, 1.165) is 30.9 Å². The van der Waals surface area contributed by atoms with Crippen LogP contribution >= 0.6 is 0 Å². The summed E-state index contributed by atoms with van der Waals surface area (Å²) in [6.45, 7) is 9.85. The van der Waals surface area contributed by atoms with E-state index >= 15 is 0 Å². The molecule has 0 aromatic carbocycles. The lowest BCUT2D eigenvalue weighted by atomic mass is 10.2. The fourth-order valence-corrected chi connectivity index (χ4v) is 1.60. The van der Waals surface area contributed by atoms with Gasteiger partial charge < -0.3 is 19.2 Å². The fourth-order valence-electron chi connectivity index (χ4n) is 1.60. The minimum Gasteiger partial charge on any atom is -0.468 e. The SMILES string of the molecule is CCCCOCCOCc1ccoc1CNC(C)C. The van der Waals surface area contributed by atoms with Gasteiger partial charge in [-0.3, -0.25) is 0 Å². The predicted octanol–water partition coefficient (Wildman–Crippen LogP) is 3.11. The first-order valence-corrected chi connectivity index (χ1v) is 7.18. The van der Waals surface area contributed by atoms with Crippen molar-refractivity contribution in [3.63, 3.8) is 0 Å². The van der Waals surface area contributed by atoms with Crippen molar-refractivity contribution >= 4 is 0 Å². The molecule has 0 aliphatic rings. The van der Waals surface area contributed by atoms with E-state index in [4.69, 9.17) is 13.9 Å². The second kappa shape index (κ2) is 10.0. The Bertz CT molecular complexity index is 323. The number of rotatable bonds is 11. The molecular weight excluding hydrogens is 242 g/mol. The smallest absolute Gasteiger partial charge is 0.123 e. The lowest BCUT2D eigenvalue weighted by molar-refractivity contribution is 0.0392. The molecule has 0 fully saturated rings. The molecule has 0 amide bonds. The van der Waals surface area contributed by atoms with Gasteiger partial charge in [-0.2, -0.15) is 0 Å². The molecule has 0 saturated carbocycles. The molecule has 4 heteroatoms. The van der Waals surface area contributed by atoms with E-state index in [0.29, 0.717) is 25.9 Å². The minimum atomic E-state index is 0.450. The van der Waals surface area contributed by atoms with Crippen LogP contribution in [0, 0.1) is 0 Å². The Morgan fingerprint density at radius 1 is 1.21 bits per heavy atom. The maximum atomic E-state index is 5.59. The number of ether oxygens (including phenoxy) is 2. The Kier molecular flexibility index (Phi) is 8.54. The van der Waals surface area contributed by atoms with Crippen molar-refractivity contribution in [1.29, 1.82) is 0 Å². The minimum absolute atomic E-state index is 0.450. The van der Waals surface area contributed by atoms with E-state index in [1.165, 1.54) is 6.42 Å². The topological polar surface area (TPSA) is 43.6 Å². The fraction of sp³-hybridized carbons (Fsp3) is 0.733. The molecule has 0 radical (unpaired) electrons. The van der Waals surface area contributed by atoms with Gasteiger partial charge in [-0.25, -0.2) is 0 Å². The molecule has 0 unspecified atom stereocenters. The van der Waals surface area contributed by atoms with Gasteiger partial charge in [0.15, 0.2) is 0 Å². The first kappa shape index (κ1) is 16.2. The lowest BCUT2D eigenvalue weighted by Crippen LogP contribution is -2.22. The molecule has 0 saturated heterocycles. The van der Waals surface area contributed by atoms with Crippen molar-refractivity contribution in [1.82, 2.24) is 5.32 Å². The molecule has 19 heavy (non-hydrogen) atoms. The maximum Gasteiger partial charge on any atom is 0.123 e. The van der Waals surface area contributed by atoms with Crippen LogP contribution in [0.1, 0.15) is 44.9 Å². The van der Waals surface area contributed by atoms with Gasteiger partial charge in [-0.1, -0.05) is 27.2 Å². The van der Waals surface area contributed by atoms with Crippen molar-refractivity contribution in [2.45, 2.75) is 52.8 Å². The van der Waals surface area contributed by atoms with Gasteiger partial charge in [0.25, 0.3) is 0 Å². The number of furan rings is 1. The number of hydrogen-bond acceptors (Lipinski definition) is 4. The van der Waals surface area contributed by atoms with Gasteiger partial charge in [0.2, 0.25) is 0 Å². The van der Waals surface area contributed by atoms with Gasteiger partial charge in [0, 0.05) is 18.2 Å². The van der Waals surface area contributed by atoms with Crippen LogP contribution in [0.15, 0.2) is 16.7 Å². The van der Waals surface area contributed by atoms with E-state index in [1.807, 2.05) is 6.07 Å². The molecule has 1 heterocycles. The second-order valence-electron chi connectivity index (χ2n) is 4.92. The van der Waals surface area contributed by atoms with E-state index in [9.17, 15) is 0 Å². The quantitative estimate of drug-likeness (QED) is 0.627. The van der Waals surface area contributed by atoms with Gasteiger partial charge >= 0.3 is 0 Å². The molecule has 0 atom stereocenters. The van der Waals surface area contributed by atoms with Crippen LogP contribution in [0.4, 0.5) is 0 Å².